The molecule has 2 heterocycles. The second kappa shape index (κ2) is 5.42. The molecule has 1 N–H and O–H groups in total. The Balaban J connectivity index is 1.84. The van der Waals surface area contributed by atoms with Gasteiger partial charge in [-0.2, -0.15) is 0 Å². The number of carbonyl (C=O) groups excluding carboxylic acids is 1. The number of piperidine rings is 1. The fourth-order valence-corrected chi connectivity index (χ4v) is 4.70. The lowest BCUT2D eigenvalue weighted by Crippen LogP contribution is -2.49. The van der Waals surface area contributed by atoms with E-state index in [4.69, 9.17) is 17.0 Å². The Morgan fingerprint density at radius 2 is 2.30 bits per heavy atom. The zero-order chi connectivity index (χ0) is 16.1. The summed E-state index contributed by atoms with van der Waals surface area (Å²) < 4.78 is 4.99. The maximum absolute atomic E-state index is 12.1. The van der Waals surface area contributed by atoms with Crippen LogP contribution in [0.2, 0.25) is 0 Å². The number of esters is 1. The average molecular weight is 328 g/mol. The number of nitrogens with zero attached hydrogens (tertiary/aromatic N) is 1. The second-order valence-corrected chi connectivity index (χ2v) is 6.91. The van der Waals surface area contributed by atoms with Crippen LogP contribution in [0, 0.1) is 5.92 Å². The topological polar surface area (TPSA) is 45.3 Å². The van der Waals surface area contributed by atoms with E-state index in [-0.39, 0.29) is 11.9 Å². The Bertz CT molecular complexity index is 798. The lowest BCUT2D eigenvalue weighted by Gasteiger charge is -2.44. The van der Waals surface area contributed by atoms with E-state index in [9.17, 15) is 4.79 Å². The average Bonchev–Trinajstić information content (AvgIpc) is 2.94. The van der Waals surface area contributed by atoms with Gasteiger partial charge in [0.05, 0.1) is 18.7 Å². The molecule has 5 heteroatoms. The van der Waals surface area contributed by atoms with E-state index in [1.54, 1.807) is 5.37 Å². The number of nitrogens with one attached hydrogen (secondary N) is 1. The van der Waals surface area contributed by atoms with E-state index < -0.39 is 0 Å². The molecule has 0 saturated carbocycles. The minimum atomic E-state index is -0.0954. The highest BCUT2D eigenvalue weighted by molar-refractivity contribution is 7.79. The Labute approximate surface area is 140 Å². The molecule has 2 aromatic rings. The summed E-state index contributed by atoms with van der Waals surface area (Å²) in [5.74, 6) is 0.219. The van der Waals surface area contributed by atoms with Gasteiger partial charge in [-0.15, -0.1) is 0 Å². The molecule has 23 heavy (non-hydrogen) atoms. The van der Waals surface area contributed by atoms with E-state index in [1.807, 2.05) is 0 Å². The number of hydrogen-bond acceptors (Lipinski definition) is 4. The zero-order valence-corrected chi connectivity index (χ0v) is 14.2. The van der Waals surface area contributed by atoms with Crippen LogP contribution in [0.4, 0.5) is 0 Å². The van der Waals surface area contributed by atoms with Crippen LogP contribution in [-0.4, -0.2) is 48.0 Å². The minimum Gasteiger partial charge on any atom is -0.469 e. The molecule has 3 atom stereocenters. The second-order valence-electron chi connectivity index (χ2n) is 6.68. The molecule has 2 aliphatic rings. The Hall–Kier alpha value is -1.72. The molecule has 0 amide bonds. The number of thiocarbonyl (C=S) groups is 1. The predicted octanol–water partition coefficient (Wildman–Crippen LogP) is 2.65. The molecule has 0 bridgehead atoms. The third-order valence-electron chi connectivity index (χ3n) is 5.54. The van der Waals surface area contributed by atoms with Crippen molar-refractivity contribution in [3.63, 3.8) is 0 Å². The summed E-state index contributed by atoms with van der Waals surface area (Å²) in [6.07, 6.45) is 1.84. The van der Waals surface area contributed by atoms with Gasteiger partial charge in [0.1, 0.15) is 0 Å². The summed E-state index contributed by atoms with van der Waals surface area (Å²) >= 11 is 5.19. The summed E-state index contributed by atoms with van der Waals surface area (Å²) in [6.45, 7) is 0.760. The minimum absolute atomic E-state index is 0.0491. The largest absolute Gasteiger partial charge is 0.469 e. The van der Waals surface area contributed by atoms with Crippen molar-refractivity contribution in [2.24, 2.45) is 5.92 Å². The quantitative estimate of drug-likeness (QED) is 0.680. The van der Waals surface area contributed by atoms with E-state index >= 15 is 0 Å². The first-order valence-electron chi connectivity index (χ1n) is 8.00. The van der Waals surface area contributed by atoms with E-state index in [0.29, 0.717) is 12.0 Å². The van der Waals surface area contributed by atoms with Crippen LogP contribution < -0.4 is 0 Å². The number of aromatic nitrogens is 1. The number of hydrogen-bond donors (Lipinski definition) is 1. The summed E-state index contributed by atoms with van der Waals surface area (Å²) in [6, 6.07) is 6.82. The van der Waals surface area contributed by atoms with Crippen molar-refractivity contribution < 1.29 is 9.53 Å². The van der Waals surface area contributed by atoms with Gasteiger partial charge in [-0.25, -0.2) is 0 Å². The molecule has 1 aliphatic heterocycles. The number of likely N-dealkylation sites (N-methyl/N-ethyl adjacent to an activating group) is 1. The zero-order valence-electron chi connectivity index (χ0n) is 13.3. The normalized spacial score (nSPS) is 26.8. The highest BCUT2D eigenvalue weighted by atomic mass is 32.1. The molecular formula is C18H20N2O2S. The first-order valence-corrected chi connectivity index (χ1v) is 8.48. The number of H-pyrrole nitrogens is 1. The fraction of sp³-hybridized carbons (Fsp3) is 0.444. The molecule has 4 nitrogen and oxygen atoms in total. The molecule has 0 radical (unpaired) electrons. The maximum Gasteiger partial charge on any atom is 0.309 e. The monoisotopic (exact) mass is 328 g/mol. The standard InChI is InChI=1S/C18H20N2O2S/c1-20-8-10(18(21)22-2)6-12-11-4-3-5-14-17(11)13(7-16(12)20)15(9-23)19-14/h3-5,9-10,12,16,19H,6-8H2,1-2H3/t10-,12?,16-/m1/s1. The summed E-state index contributed by atoms with van der Waals surface area (Å²) in [5.41, 5.74) is 4.88. The van der Waals surface area contributed by atoms with E-state index in [1.165, 1.54) is 23.6 Å². The van der Waals surface area contributed by atoms with Crippen molar-refractivity contribution in [2.75, 3.05) is 20.7 Å². The van der Waals surface area contributed by atoms with Crippen molar-refractivity contribution in [3.05, 3.63) is 35.0 Å². The molecule has 1 saturated heterocycles. The van der Waals surface area contributed by atoms with Crippen molar-refractivity contribution in [1.29, 1.82) is 0 Å². The summed E-state index contributed by atoms with van der Waals surface area (Å²) in [7, 11) is 3.59. The smallest absolute Gasteiger partial charge is 0.309 e. The highest BCUT2D eigenvalue weighted by Crippen LogP contribution is 2.45. The number of ether oxygens (including phenoxy) is 1. The first kappa shape index (κ1) is 14.8. The number of rotatable bonds is 2. The van der Waals surface area contributed by atoms with Crippen LogP contribution >= 0.6 is 12.2 Å². The van der Waals surface area contributed by atoms with Crippen molar-refractivity contribution in [2.45, 2.75) is 24.8 Å². The number of carbonyl (C=O) groups is 1. The van der Waals surface area contributed by atoms with Crippen molar-refractivity contribution >= 4 is 34.5 Å². The van der Waals surface area contributed by atoms with Gasteiger partial charge in [0, 0.05) is 34.8 Å². The van der Waals surface area contributed by atoms with Gasteiger partial charge in [0.15, 0.2) is 0 Å². The molecule has 1 aromatic carbocycles. The molecular weight excluding hydrogens is 308 g/mol. The van der Waals surface area contributed by atoms with Gasteiger partial charge in [0.25, 0.3) is 0 Å². The molecule has 1 fully saturated rings. The lowest BCUT2D eigenvalue weighted by molar-refractivity contribution is -0.148. The van der Waals surface area contributed by atoms with Gasteiger partial charge in [0.2, 0.25) is 0 Å². The van der Waals surface area contributed by atoms with E-state index in [0.717, 1.165) is 30.6 Å². The third-order valence-corrected chi connectivity index (χ3v) is 5.77. The van der Waals surface area contributed by atoms with Gasteiger partial charge >= 0.3 is 5.97 Å². The van der Waals surface area contributed by atoms with Gasteiger partial charge < -0.3 is 14.6 Å². The number of likely N-dealkylation sites (tertiary alicyclic amines) is 1. The van der Waals surface area contributed by atoms with Crippen molar-refractivity contribution in [3.8, 4) is 0 Å². The summed E-state index contributed by atoms with van der Waals surface area (Å²) in [4.78, 5) is 17.8. The highest BCUT2D eigenvalue weighted by Gasteiger charge is 2.42. The molecule has 120 valence electrons. The van der Waals surface area contributed by atoms with Crippen LogP contribution in [0.25, 0.3) is 10.9 Å². The SMILES string of the molecule is COC(=O)[C@@H]1CC2c3cccc4[nH]c(C=S)c(c34)C[C@H]2N(C)C1. The van der Waals surface area contributed by atoms with Crippen LogP contribution in [0.3, 0.4) is 0 Å². The van der Waals surface area contributed by atoms with Crippen LogP contribution in [0.15, 0.2) is 18.2 Å². The lowest BCUT2D eigenvalue weighted by atomic mass is 9.72. The van der Waals surface area contributed by atoms with Crippen LogP contribution in [-0.2, 0) is 16.0 Å². The van der Waals surface area contributed by atoms with Crippen LogP contribution in [0.1, 0.15) is 29.2 Å². The molecule has 0 spiro atoms. The third kappa shape index (κ3) is 2.14. The van der Waals surface area contributed by atoms with Crippen LogP contribution in [0.5, 0.6) is 0 Å². The van der Waals surface area contributed by atoms with Crippen molar-refractivity contribution in [1.82, 2.24) is 9.88 Å². The number of methoxy groups -OCH3 is 1. The Morgan fingerprint density at radius 3 is 3.04 bits per heavy atom. The Kier molecular flexibility index (Phi) is 3.50. The van der Waals surface area contributed by atoms with Gasteiger partial charge in [-0.1, -0.05) is 24.4 Å². The van der Waals surface area contributed by atoms with E-state index in [2.05, 4.69) is 35.1 Å². The molecule has 1 unspecified atom stereocenters. The van der Waals surface area contributed by atoms with Gasteiger partial charge in [-0.05, 0) is 37.1 Å². The Morgan fingerprint density at radius 1 is 1.48 bits per heavy atom. The first-order chi connectivity index (χ1) is 11.1. The molecule has 1 aliphatic carbocycles. The van der Waals surface area contributed by atoms with Gasteiger partial charge in [-0.3, -0.25) is 4.79 Å². The predicted molar refractivity (Wildman–Crippen MR) is 94.0 cm³/mol. The number of aromatic amines is 1. The molecule has 1 aromatic heterocycles. The molecule has 4 rings (SSSR count). The fourth-order valence-electron chi connectivity index (χ4n) is 4.50. The number of fused-ring (bicyclic) bond motifs is 2. The number of benzene rings is 1. The maximum atomic E-state index is 12.1. The summed E-state index contributed by atoms with van der Waals surface area (Å²) in [5, 5.41) is 3.06.